The number of hydrogen-bond donors (Lipinski definition) is 1. The molecule has 1 N–H and O–H groups in total. The van der Waals surface area contributed by atoms with E-state index in [0.717, 1.165) is 92.8 Å². The minimum absolute atomic E-state index is 0.00316. The van der Waals surface area contributed by atoms with E-state index in [0.29, 0.717) is 53.7 Å². The standard InChI is InChI=1S/C50H64F2N8O3/c1-31-25-49(3,4)45(31)54-48(62)33-8-10-38(11-9-33)63-39-12-17-50(18-13-39)26-37(27-50)57-20-14-36(15-21-57)60-43-16-22-58(32(2)61)30-42(43)47(55-60)59-19-6-7-34-23-40(35-28-53-56(5)29-35)41(46(51)52)24-44(34)59/h8-11,23-24,28-29,31,36-37,39,45-46H,6-7,12-22,25-27,30H2,1-5H3,(H,54,62). The Balaban J connectivity index is 0.767. The highest BCUT2D eigenvalue weighted by molar-refractivity contribution is 5.94. The van der Waals surface area contributed by atoms with E-state index in [2.05, 4.69) is 45.7 Å². The van der Waals surface area contributed by atoms with Gasteiger partial charge in [-0.1, -0.05) is 20.8 Å². The maximum absolute atomic E-state index is 14.7. The number of carbonyl (C=O) groups excluding carboxylic acids is 2. The Hall–Kier alpha value is -4.78. The van der Waals surface area contributed by atoms with Gasteiger partial charge in [0.05, 0.1) is 24.9 Å². The summed E-state index contributed by atoms with van der Waals surface area (Å²) in [4.78, 5) is 32.4. The Morgan fingerprint density at radius 1 is 0.937 bits per heavy atom. The number of halogens is 2. The Bertz CT molecular complexity index is 2350. The first-order valence-electron chi connectivity index (χ1n) is 23.6. The van der Waals surface area contributed by atoms with E-state index in [9.17, 15) is 18.4 Å². The van der Waals surface area contributed by atoms with Crippen LogP contribution in [0, 0.1) is 16.7 Å². The van der Waals surface area contributed by atoms with Gasteiger partial charge in [-0.3, -0.25) is 19.0 Å². The van der Waals surface area contributed by atoms with Gasteiger partial charge in [-0.15, -0.1) is 0 Å². The maximum atomic E-state index is 14.7. The van der Waals surface area contributed by atoms with Crippen LogP contribution in [-0.4, -0.2) is 85.5 Å². The highest BCUT2D eigenvalue weighted by Crippen LogP contribution is 2.54. The van der Waals surface area contributed by atoms with Crippen molar-refractivity contribution in [2.24, 2.45) is 23.8 Å². The van der Waals surface area contributed by atoms with Gasteiger partial charge in [-0.05, 0) is 135 Å². The molecule has 1 saturated heterocycles. The summed E-state index contributed by atoms with van der Waals surface area (Å²) in [6, 6.07) is 12.4. The number of piperidine rings is 1. The largest absolute Gasteiger partial charge is 0.490 e. The Morgan fingerprint density at radius 2 is 1.68 bits per heavy atom. The predicted octanol–water partition coefficient (Wildman–Crippen LogP) is 9.18. The highest BCUT2D eigenvalue weighted by Gasteiger charge is 2.49. The van der Waals surface area contributed by atoms with Gasteiger partial charge in [0, 0.05) is 98.5 Å². The molecular formula is C50H64F2N8O3. The normalized spacial score (nSPS) is 27.1. The summed E-state index contributed by atoms with van der Waals surface area (Å²) >= 11 is 0. The Labute approximate surface area is 370 Å². The van der Waals surface area contributed by atoms with Gasteiger partial charge in [-0.2, -0.15) is 10.2 Å². The van der Waals surface area contributed by atoms with Gasteiger partial charge >= 0.3 is 0 Å². The third kappa shape index (κ3) is 7.94. The van der Waals surface area contributed by atoms with Crippen LogP contribution in [0.3, 0.4) is 0 Å². The molecule has 0 bridgehead atoms. The second-order valence-corrected chi connectivity index (χ2v) is 20.7. The van der Waals surface area contributed by atoms with Gasteiger partial charge < -0.3 is 24.8 Å². The zero-order chi connectivity index (χ0) is 43.8. The molecule has 1 spiro atoms. The zero-order valence-electron chi connectivity index (χ0n) is 37.7. The molecule has 3 aliphatic heterocycles. The molecule has 336 valence electrons. The quantitative estimate of drug-likeness (QED) is 0.179. The predicted molar refractivity (Wildman–Crippen MR) is 239 cm³/mol. The lowest BCUT2D eigenvalue weighted by atomic mass is 9.57. The van der Waals surface area contributed by atoms with Crippen molar-refractivity contribution in [1.82, 2.24) is 34.7 Å². The van der Waals surface area contributed by atoms with Crippen LogP contribution in [0.2, 0.25) is 0 Å². The number of rotatable bonds is 9. The minimum atomic E-state index is -2.64. The first-order valence-corrected chi connectivity index (χ1v) is 23.6. The van der Waals surface area contributed by atoms with Crippen LogP contribution in [0.4, 0.5) is 20.3 Å². The number of amides is 2. The molecule has 4 aromatic rings. The summed E-state index contributed by atoms with van der Waals surface area (Å²) in [6.07, 6.45) is 13.6. The SMILES string of the molecule is CC(=O)N1CCc2c(c(N3CCCc4cc(-c5cnn(C)c5)c(C(F)F)cc43)nn2C2CCN(C3CC4(CCC(Oc5ccc(C(=O)NC6C(C)CC6(C)C)cc5)CC4)C3)CC2)C1. The fourth-order valence-corrected chi connectivity index (χ4v) is 12.6. The zero-order valence-corrected chi connectivity index (χ0v) is 37.7. The van der Waals surface area contributed by atoms with Crippen LogP contribution in [0.25, 0.3) is 11.1 Å². The number of carbonyl (C=O) groups is 2. The number of aromatic nitrogens is 4. The lowest BCUT2D eigenvalue weighted by Gasteiger charge is -2.55. The molecule has 2 unspecified atom stereocenters. The summed E-state index contributed by atoms with van der Waals surface area (Å²) in [6.45, 7) is 12.2. The molecular weight excluding hydrogens is 799 g/mol. The van der Waals surface area contributed by atoms with Gasteiger partial charge in [0.15, 0.2) is 5.82 Å². The number of likely N-dealkylation sites (tertiary alicyclic amines) is 1. The van der Waals surface area contributed by atoms with Crippen molar-refractivity contribution in [3.8, 4) is 16.9 Å². The van der Waals surface area contributed by atoms with Crippen molar-refractivity contribution in [2.75, 3.05) is 31.1 Å². The molecule has 4 fully saturated rings. The van der Waals surface area contributed by atoms with E-state index in [1.165, 1.54) is 31.4 Å². The third-order valence-electron chi connectivity index (χ3n) is 16.0. The minimum Gasteiger partial charge on any atom is -0.490 e. The second kappa shape index (κ2) is 16.3. The fourth-order valence-electron chi connectivity index (χ4n) is 12.6. The van der Waals surface area contributed by atoms with Crippen molar-refractivity contribution in [3.05, 3.63) is 76.7 Å². The number of alkyl halides is 2. The van der Waals surface area contributed by atoms with E-state index >= 15 is 0 Å². The van der Waals surface area contributed by atoms with Crippen LogP contribution in [0.15, 0.2) is 48.8 Å². The Kier molecular flexibility index (Phi) is 10.9. The van der Waals surface area contributed by atoms with Crippen molar-refractivity contribution in [2.45, 2.75) is 142 Å². The molecule has 0 radical (unpaired) electrons. The van der Waals surface area contributed by atoms with E-state index in [1.807, 2.05) is 35.2 Å². The molecule has 10 rings (SSSR count). The summed E-state index contributed by atoms with van der Waals surface area (Å²) in [5.41, 5.74) is 6.57. The number of benzene rings is 2. The lowest BCUT2D eigenvalue weighted by Crippen LogP contribution is -2.57. The van der Waals surface area contributed by atoms with E-state index in [1.54, 1.807) is 37.1 Å². The molecule has 2 atom stereocenters. The lowest BCUT2D eigenvalue weighted by molar-refractivity contribution is -0.129. The monoisotopic (exact) mass is 863 g/mol. The second-order valence-electron chi connectivity index (χ2n) is 20.7. The smallest absolute Gasteiger partial charge is 0.264 e. The first-order chi connectivity index (χ1) is 30.2. The number of nitrogens with one attached hydrogen (secondary N) is 1. The van der Waals surface area contributed by atoms with Crippen LogP contribution in [-0.2, 0) is 31.2 Å². The number of hydrogen-bond acceptors (Lipinski definition) is 7. The van der Waals surface area contributed by atoms with Crippen molar-refractivity contribution in [1.29, 1.82) is 0 Å². The van der Waals surface area contributed by atoms with Gasteiger partial charge in [0.2, 0.25) is 5.91 Å². The fraction of sp³-hybridized carbons (Fsp3) is 0.600. The number of anilines is 2. The molecule has 13 heteroatoms. The van der Waals surface area contributed by atoms with Crippen molar-refractivity contribution >= 4 is 23.3 Å². The molecule has 3 saturated carbocycles. The summed E-state index contributed by atoms with van der Waals surface area (Å²) in [7, 11) is 1.80. The van der Waals surface area contributed by atoms with Crippen molar-refractivity contribution < 1.29 is 23.1 Å². The van der Waals surface area contributed by atoms with Crippen LogP contribution < -0.4 is 15.0 Å². The van der Waals surface area contributed by atoms with E-state index < -0.39 is 6.43 Å². The average molecular weight is 863 g/mol. The van der Waals surface area contributed by atoms with E-state index in [-0.39, 0.29) is 41.0 Å². The van der Waals surface area contributed by atoms with Gasteiger partial charge in [0.1, 0.15) is 5.75 Å². The van der Waals surface area contributed by atoms with Crippen molar-refractivity contribution in [3.63, 3.8) is 0 Å². The van der Waals surface area contributed by atoms with Crippen LogP contribution in [0.1, 0.15) is 137 Å². The number of aryl methyl sites for hydroxylation is 2. The van der Waals surface area contributed by atoms with Crippen LogP contribution in [0.5, 0.6) is 5.75 Å². The molecule has 3 aliphatic carbocycles. The summed E-state index contributed by atoms with van der Waals surface area (Å²) < 4.78 is 39.9. The number of fused-ring (bicyclic) bond motifs is 2. The molecule has 5 heterocycles. The molecule has 2 amide bonds. The highest BCUT2D eigenvalue weighted by atomic mass is 19.3. The number of ether oxygens (including phenoxy) is 1. The first kappa shape index (κ1) is 42.2. The summed E-state index contributed by atoms with van der Waals surface area (Å²) in [5, 5.41) is 12.9. The third-order valence-corrected chi connectivity index (χ3v) is 16.0. The molecule has 11 nitrogen and oxygen atoms in total. The van der Waals surface area contributed by atoms with Gasteiger partial charge in [-0.25, -0.2) is 8.78 Å². The Morgan fingerprint density at radius 3 is 2.33 bits per heavy atom. The molecule has 6 aliphatic rings. The maximum Gasteiger partial charge on any atom is 0.264 e. The summed E-state index contributed by atoms with van der Waals surface area (Å²) in [5.74, 6) is 2.21. The average Bonchev–Trinajstić information content (AvgIpc) is 3.88. The van der Waals surface area contributed by atoms with E-state index in [4.69, 9.17) is 9.84 Å². The molecule has 63 heavy (non-hydrogen) atoms. The molecule has 2 aromatic carbocycles. The number of nitrogens with zero attached hydrogens (tertiary/aromatic N) is 7. The topological polar surface area (TPSA) is 101 Å². The van der Waals surface area contributed by atoms with Crippen LogP contribution >= 0.6 is 0 Å². The van der Waals surface area contributed by atoms with Gasteiger partial charge in [0.25, 0.3) is 12.3 Å². The molecule has 2 aromatic heterocycles.